The number of thioether (sulfide) groups is 1. The highest BCUT2D eigenvalue weighted by molar-refractivity contribution is 7.99. The summed E-state index contributed by atoms with van der Waals surface area (Å²) in [4.78, 5) is 45.1. The summed E-state index contributed by atoms with van der Waals surface area (Å²) in [5, 5.41) is 1.24. The second-order valence-corrected chi connectivity index (χ2v) is 8.99. The SMILES string of the molecule is CCOC(=O)[C@@H]1CCCCN1C(=O)CSc1nc2ccccc2c(=O)n1-c1ccccc1Cl. The lowest BCUT2D eigenvalue weighted by atomic mass is 10.0. The van der Waals surface area contributed by atoms with Crippen molar-refractivity contribution < 1.29 is 14.3 Å². The van der Waals surface area contributed by atoms with Crippen LogP contribution in [-0.4, -0.2) is 51.3 Å². The van der Waals surface area contributed by atoms with E-state index in [1.807, 2.05) is 6.07 Å². The number of aromatic nitrogens is 2. The van der Waals surface area contributed by atoms with E-state index in [0.717, 1.165) is 24.6 Å². The van der Waals surface area contributed by atoms with Gasteiger partial charge in [-0.2, -0.15) is 0 Å². The minimum absolute atomic E-state index is 0.0329. The average molecular weight is 486 g/mol. The molecule has 1 aliphatic rings. The topological polar surface area (TPSA) is 81.5 Å². The van der Waals surface area contributed by atoms with Gasteiger partial charge in [-0.1, -0.05) is 47.6 Å². The molecule has 0 spiro atoms. The third-order valence-corrected chi connectivity index (χ3v) is 6.79. The Morgan fingerprint density at radius 2 is 1.91 bits per heavy atom. The predicted molar refractivity (Wildman–Crippen MR) is 129 cm³/mol. The van der Waals surface area contributed by atoms with Crippen LogP contribution in [0, 0.1) is 0 Å². The minimum atomic E-state index is -0.567. The molecule has 0 aliphatic carbocycles. The summed E-state index contributed by atoms with van der Waals surface area (Å²) in [5.74, 6) is -0.524. The van der Waals surface area contributed by atoms with Crippen LogP contribution in [0.5, 0.6) is 0 Å². The molecule has 0 N–H and O–H groups in total. The smallest absolute Gasteiger partial charge is 0.328 e. The van der Waals surface area contributed by atoms with Gasteiger partial charge in [0.15, 0.2) is 5.16 Å². The van der Waals surface area contributed by atoms with E-state index in [9.17, 15) is 14.4 Å². The molecule has 7 nitrogen and oxygen atoms in total. The van der Waals surface area contributed by atoms with Crippen LogP contribution in [0.25, 0.3) is 16.6 Å². The number of carbonyl (C=O) groups is 2. The lowest BCUT2D eigenvalue weighted by Gasteiger charge is -2.34. The van der Waals surface area contributed by atoms with Crippen molar-refractivity contribution in [3.63, 3.8) is 0 Å². The summed E-state index contributed by atoms with van der Waals surface area (Å²) >= 11 is 7.56. The molecule has 4 rings (SSSR count). The molecule has 2 heterocycles. The summed E-state index contributed by atoms with van der Waals surface area (Å²) in [5.41, 5.74) is 0.786. The number of ether oxygens (including phenoxy) is 1. The van der Waals surface area contributed by atoms with Gasteiger partial charge in [0.2, 0.25) is 5.91 Å². The zero-order valence-electron chi connectivity index (χ0n) is 18.2. The van der Waals surface area contributed by atoms with Crippen LogP contribution < -0.4 is 5.56 Å². The third kappa shape index (κ3) is 4.91. The van der Waals surface area contributed by atoms with Crippen molar-refractivity contribution in [1.82, 2.24) is 14.5 Å². The Morgan fingerprint density at radius 3 is 2.70 bits per heavy atom. The minimum Gasteiger partial charge on any atom is -0.464 e. The van der Waals surface area contributed by atoms with Crippen molar-refractivity contribution in [1.29, 1.82) is 0 Å². The van der Waals surface area contributed by atoms with E-state index < -0.39 is 6.04 Å². The number of hydrogen-bond acceptors (Lipinski definition) is 6. The first-order valence-corrected chi connectivity index (χ1v) is 12.2. The first kappa shape index (κ1) is 23.3. The fraction of sp³-hybridized carbons (Fsp3) is 0.333. The molecule has 0 radical (unpaired) electrons. The Hall–Kier alpha value is -2.84. The van der Waals surface area contributed by atoms with E-state index in [1.54, 1.807) is 54.3 Å². The average Bonchev–Trinajstić information content (AvgIpc) is 2.83. The predicted octanol–water partition coefficient (Wildman–Crippen LogP) is 4.08. The molecule has 1 amide bonds. The van der Waals surface area contributed by atoms with Crippen LogP contribution in [0.3, 0.4) is 0 Å². The molecule has 172 valence electrons. The van der Waals surface area contributed by atoms with Crippen LogP contribution in [0.1, 0.15) is 26.2 Å². The van der Waals surface area contributed by atoms with E-state index in [4.69, 9.17) is 16.3 Å². The van der Waals surface area contributed by atoms with E-state index in [2.05, 4.69) is 4.98 Å². The Kier molecular flexibility index (Phi) is 7.35. The van der Waals surface area contributed by atoms with Gasteiger partial charge in [0, 0.05) is 6.54 Å². The Morgan fingerprint density at radius 1 is 1.15 bits per heavy atom. The fourth-order valence-corrected chi connectivity index (χ4v) is 5.09. The van der Waals surface area contributed by atoms with Gasteiger partial charge in [-0.05, 0) is 50.5 Å². The zero-order chi connectivity index (χ0) is 23.4. The van der Waals surface area contributed by atoms with E-state index in [-0.39, 0.29) is 29.8 Å². The van der Waals surface area contributed by atoms with Gasteiger partial charge < -0.3 is 9.64 Å². The monoisotopic (exact) mass is 485 g/mol. The lowest BCUT2D eigenvalue weighted by Crippen LogP contribution is -2.49. The van der Waals surface area contributed by atoms with E-state index in [1.165, 1.54) is 4.57 Å². The first-order valence-electron chi connectivity index (χ1n) is 10.9. The molecular weight excluding hydrogens is 462 g/mol. The van der Waals surface area contributed by atoms with Crippen molar-refractivity contribution in [3.05, 3.63) is 63.9 Å². The molecule has 0 saturated carbocycles. The molecule has 1 atom stereocenters. The Bertz CT molecular complexity index is 1250. The van der Waals surface area contributed by atoms with Crippen molar-refractivity contribution in [2.75, 3.05) is 18.9 Å². The number of piperidine rings is 1. The van der Waals surface area contributed by atoms with Crippen LogP contribution in [0.4, 0.5) is 0 Å². The van der Waals surface area contributed by atoms with Gasteiger partial charge in [-0.3, -0.25) is 14.2 Å². The molecule has 1 saturated heterocycles. The molecule has 2 aromatic carbocycles. The molecule has 0 bridgehead atoms. The van der Waals surface area contributed by atoms with E-state index in [0.29, 0.717) is 39.7 Å². The summed E-state index contributed by atoms with van der Waals surface area (Å²) < 4.78 is 6.61. The number of para-hydroxylation sites is 2. The quantitative estimate of drug-likeness (QED) is 0.297. The standard InChI is InChI=1S/C24H24ClN3O4S/c1-2-32-23(31)20-13-7-8-14-27(20)21(29)15-33-24-26-18-11-5-3-9-16(18)22(30)28(24)19-12-6-4-10-17(19)25/h3-6,9-12,20H,2,7-8,13-15H2,1H3/t20-/m0/s1. The molecule has 9 heteroatoms. The van der Waals surface area contributed by atoms with Gasteiger partial charge in [-0.25, -0.2) is 9.78 Å². The molecule has 3 aromatic rings. The summed E-state index contributed by atoms with van der Waals surface area (Å²) in [6.45, 7) is 2.53. The Labute approximate surface area is 200 Å². The zero-order valence-corrected chi connectivity index (χ0v) is 19.8. The number of esters is 1. The Balaban J connectivity index is 1.66. The molecule has 0 unspecified atom stereocenters. The molecule has 33 heavy (non-hydrogen) atoms. The number of hydrogen-bond donors (Lipinski definition) is 0. The highest BCUT2D eigenvalue weighted by Crippen LogP contribution is 2.27. The van der Waals surface area contributed by atoms with Crippen LogP contribution in [0.15, 0.2) is 58.5 Å². The van der Waals surface area contributed by atoms with Crippen molar-refractivity contribution in [2.24, 2.45) is 0 Å². The largest absolute Gasteiger partial charge is 0.464 e. The van der Waals surface area contributed by atoms with Crippen molar-refractivity contribution in [2.45, 2.75) is 37.4 Å². The second kappa shape index (κ2) is 10.4. The number of likely N-dealkylation sites (tertiary alicyclic amines) is 1. The van der Waals surface area contributed by atoms with Crippen LogP contribution in [-0.2, 0) is 14.3 Å². The van der Waals surface area contributed by atoms with E-state index >= 15 is 0 Å². The first-order chi connectivity index (χ1) is 16.0. The van der Waals surface area contributed by atoms with Crippen molar-refractivity contribution in [3.8, 4) is 5.69 Å². The molecular formula is C24H24ClN3O4S. The fourth-order valence-electron chi connectivity index (χ4n) is 3.98. The maximum Gasteiger partial charge on any atom is 0.328 e. The number of halogens is 1. The maximum absolute atomic E-state index is 13.4. The second-order valence-electron chi connectivity index (χ2n) is 7.64. The van der Waals surface area contributed by atoms with Gasteiger partial charge in [0.25, 0.3) is 5.56 Å². The number of fused-ring (bicyclic) bond motifs is 1. The van der Waals surface area contributed by atoms with Gasteiger partial charge in [0.1, 0.15) is 6.04 Å². The van der Waals surface area contributed by atoms with Gasteiger partial charge >= 0.3 is 5.97 Å². The van der Waals surface area contributed by atoms with Gasteiger partial charge in [0.05, 0.1) is 34.0 Å². The van der Waals surface area contributed by atoms with Crippen LogP contribution >= 0.6 is 23.4 Å². The highest BCUT2D eigenvalue weighted by atomic mass is 35.5. The lowest BCUT2D eigenvalue weighted by molar-refractivity contribution is -0.155. The summed E-state index contributed by atoms with van der Waals surface area (Å²) in [6.07, 6.45) is 2.30. The maximum atomic E-state index is 13.4. The highest BCUT2D eigenvalue weighted by Gasteiger charge is 2.33. The van der Waals surface area contributed by atoms with Crippen LogP contribution in [0.2, 0.25) is 5.02 Å². The summed E-state index contributed by atoms with van der Waals surface area (Å²) in [6, 6.07) is 13.5. The normalized spacial score (nSPS) is 16.1. The number of benzene rings is 2. The molecule has 1 aromatic heterocycles. The molecule has 1 fully saturated rings. The number of amides is 1. The third-order valence-electron chi connectivity index (χ3n) is 5.54. The van der Waals surface area contributed by atoms with Gasteiger partial charge in [-0.15, -0.1) is 0 Å². The number of rotatable bonds is 6. The number of carbonyl (C=O) groups excluding carboxylic acids is 2. The van der Waals surface area contributed by atoms with Crippen molar-refractivity contribution >= 4 is 46.1 Å². The molecule has 1 aliphatic heterocycles. The summed E-state index contributed by atoms with van der Waals surface area (Å²) in [7, 11) is 0. The number of nitrogens with zero attached hydrogens (tertiary/aromatic N) is 3.